The first-order valence-electron chi connectivity index (χ1n) is 3.60. The van der Waals surface area contributed by atoms with Crippen LogP contribution in [-0.2, 0) is 0 Å². The summed E-state index contributed by atoms with van der Waals surface area (Å²) in [5.74, 6) is -0.430. The minimum atomic E-state index is -0.689. The average molecular weight is 197 g/mol. The standard InChI is InChI=1S/C8H7NO5/c1-14-8-3-7(11)5(4-10)2-6(8)9(12)13/h2-4,11H,1H3. The zero-order chi connectivity index (χ0) is 10.7. The normalized spacial score (nSPS) is 9.50. The van der Waals surface area contributed by atoms with E-state index < -0.39 is 4.92 Å². The molecule has 0 amide bonds. The van der Waals surface area contributed by atoms with Crippen LogP contribution >= 0.6 is 0 Å². The van der Waals surface area contributed by atoms with Crippen molar-refractivity contribution in [1.82, 2.24) is 0 Å². The quantitative estimate of drug-likeness (QED) is 0.445. The number of carbonyl (C=O) groups excluding carboxylic acids is 1. The lowest BCUT2D eigenvalue weighted by molar-refractivity contribution is -0.385. The molecule has 6 heteroatoms. The Hall–Kier alpha value is -2.11. The van der Waals surface area contributed by atoms with Gasteiger partial charge in [0.25, 0.3) is 0 Å². The Balaban J connectivity index is 3.39. The number of nitrogens with zero attached hydrogens (tertiary/aromatic N) is 1. The molecule has 0 bridgehead atoms. The Bertz CT molecular complexity index is 388. The maximum atomic E-state index is 10.5. The number of aldehydes is 1. The van der Waals surface area contributed by atoms with E-state index in [1.165, 1.54) is 7.11 Å². The molecule has 0 saturated carbocycles. The summed E-state index contributed by atoms with van der Waals surface area (Å²) < 4.78 is 4.67. The van der Waals surface area contributed by atoms with Crippen molar-refractivity contribution < 1.29 is 19.6 Å². The van der Waals surface area contributed by atoms with Crippen molar-refractivity contribution in [3.8, 4) is 11.5 Å². The molecule has 1 aromatic carbocycles. The third kappa shape index (κ3) is 1.63. The van der Waals surface area contributed by atoms with Gasteiger partial charge in [-0.3, -0.25) is 14.9 Å². The predicted octanol–water partition coefficient (Wildman–Crippen LogP) is 1.12. The minimum Gasteiger partial charge on any atom is -0.507 e. The van der Waals surface area contributed by atoms with Crippen molar-refractivity contribution in [2.75, 3.05) is 7.11 Å². The maximum absolute atomic E-state index is 10.5. The summed E-state index contributed by atoms with van der Waals surface area (Å²) in [5.41, 5.74) is -0.495. The van der Waals surface area contributed by atoms with Crippen LogP contribution in [0.4, 0.5) is 5.69 Å². The molecule has 74 valence electrons. The summed E-state index contributed by atoms with van der Waals surface area (Å²) >= 11 is 0. The van der Waals surface area contributed by atoms with Gasteiger partial charge in [-0.15, -0.1) is 0 Å². The molecule has 0 aliphatic carbocycles. The maximum Gasteiger partial charge on any atom is 0.311 e. The van der Waals surface area contributed by atoms with Crippen LogP contribution in [0.2, 0.25) is 0 Å². The molecular weight excluding hydrogens is 190 g/mol. The van der Waals surface area contributed by atoms with Crippen LogP contribution in [0.25, 0.3) is 0 Å². The first kappa shape index (κ1) is 9.97. The number of methoxy groups -OCH3 is 1. The van der Waals surface area contributed by atoms with Crippen LogP contribution in [0.3, 0.4) is 0 Å². The number of ether oxygens (including phenoxy) is 1. The van der Waals surface area contributed by atoms with Gasteiger partial charge in [-0.1, -0.05) is 0 Å². The number of rotatable bonds is 3. The molecule has 0 saturated heterocycles. The Kier molecular flexibility index (Phi) is 2.66. The molecule has 0 heterocycles. The van der Waals surface area contributed by atoms with Gasteiger partial charge < -0.3 is 9.84 Å². The lowest BCUT2D eigenvalue weighted by atomic mass is 10.2. The molecule has 1 aromatic rings. The van der Waals surface area contributed by atoms with Gasteiger partial charge in [-0.2, -0.15) is 0 Å². The summed E-state index contributed by atoms with van der Waals surface area (Å²) in [5, 5.41) is 19.7. The molecular formula is C8H7NO5. The largest absolute Gasteiger partial charge is 0.507 e. The number of hydrogen-bond donors (Lipinski definition) is 1. The Morgan fingerprint density at radius 2 is 2.21 bits per heavy atom. The van der Waals surface area contributed by atoms with Gasteiger partial charge >= 0.3 is 5.69 Å². The predicted molar refractivity (Wildman–Crippen MR) is 46.7 cm³/mol. The van der Waals surface area contributed by atoms with Crippen LogP contribution in [0.15, 0.2) is 12.1 Å². The molecule has 0 fully saturated rings. The fraction of sp³-hybridized carbons (Fsp3) is 0.125. The first-order chi connectivity index (χ1) is 6.60. The highest BCUT2D eigenvalue weighted by Crippen LogP contribution is 2.32. The molecule has 1 rings (SSSR count). The number of benzene rings is 1. The minimum absolute atomic E-state index is 0.0851. The summed E-state index contributed by atoms with van der Waals surface area (Å²) in [6.45, 7) is 0. The number of nitro benzene ring substituents is 1. The van der Waals surface area contributed by atoms with E-state index >= 15 is 0 Å². The zero-order valence-corrected chi connectivity index (χ0v) is 7.26. The Morgan fingerprint density at radius 3 is 2.64 bits per heavy atom. The summed E-state index contributed by atoms with van der Waals surface area (Å²) in [7, 11) is 1.24. The lowest BCUT2D eigenvalue weighted by Crippen LogP contribution is -1.95. The monoisotopic (exact) mass is 197 g/mol. The molecule has 0 unspecified atom stereocenters. The number of phenolic OH excluding ortho intramolecular Hbond substituents is 1. The molecule has 1 N–H and O–H groups in total. The second-order valence-electron chi connectivity index (χ2n) is 2.46. The average Bonchev–Trinajstić information content (AvgIpc) is 2.16. The van der Waals surface area contributed by atoms with Gasteiger partial charge in [0.2, 0.25) is 5.75 Å². The van der Waals surface area contributed by atoms with E-state index in [0.29, 0.717) is 6.29 Å². The van der Waals surface area contributed by atoms with Gasteiger partial charge in [-0.05, 0) is 0 Å². The molecule has 0 radical (unpaired) electrons. The fourth-order valence-corrected chi connectivity index (χ4v) is 0.974. The topological polar surface area (TPSA) is 89.7 Å². The van der Waals surface area contributed by atoms with E-state index in [2.05, 4.69) is 4.74 Å². The third-order valence-electron chi connectivity index (χ3n) is 1.65. The van der Waals surface area contributed by atoms with Crippen molar-refractivity contribution in [3.05, 3.63) is 27.8 Å². The molecule has 6 nitrogen and oxygen atoms in total. The van der Waals surface area contributed by atoms with Crippen LogP contribution in [0, 0.1) is 10.1 Å². The van der Waals surface area contributed by atoms with Gasteiger partial charge in [0.05, 0.1) is 17.6 Å². The van der Waals surface area contributed by atoms with Gasteiger partial charge in [0.15, 0.2) is 6.29 Å². The zero-order valence-electron chi connectivity index (χ0n) is 7.26. The van der Waals surface area contributed by atoms with Crippen molar-refractivity contribution in [1.29, 1.82) is 0 Å². The summed E-state index contributed by atoms with van der Waals surface area (Å²) in [6.07, 6.45) is 0.335. The van der Waals surface area contributed by atoms with Crippen LogP contribution in [-0.4, -0.2) is 23.4 Å². The number of aromatic hydroxyl groups is 1. The highest BCUT2D eigenvalue weighted by atomic mass is 16.6. The fourth-order valence-electron chi connectivity index (χ4n) is 0.974. The number of nitro groups is 1. The Labute approximate surface area is 78.9 Å². The van der Waals surface area contributed by atoms with Crippen molar-refractivity contribution >= 4 is 12.0 Å². The summed E-state index contributed by atoms with van der Waals surface area (Å²) in [6, 6.07) is 1.99. The van der Waals surface area contributed by atoms with Crippen LogP contribution in [0.1, 0.15) is 10.4 Å². The van der Waals surface area contributed by atoms with E-state index in [1.54, 1.807) is 0 Å². The van der Waals surface area contributed by atoms with Crippen molar-refractivity contribution in [2.24, 2.45) is 0 Å². The molecule has 0 aromatic heterocycles. The lowest BCUT2D eigenvalue weighted by Gasteiger charge is -2.03. The van der Waals surface area contributed by atoms with E-state index in [1.807, 2.05) is 0 Å². The number of hydrogen-bond acceptors (Lipinski definition) is 5. The van der Waals surface area contributed by atoms with E-state index in [-0.39, 0.29) is 22.7 Å². The molecule has 0 atom stereocenters. The molecule has 14 heavy (non-hydrogen) atoms. The van der Waals surface area contributed by atoms with Crippen molar-refractivity contribution in [3.63, 3.8) is 0 Å². The first-order valence-corrected chi connectivity index (χ1v) is 3.60. The molecule has 0 aliphatic rings. The third-order valence-corrected chi connectivity index (χ3v) is 1.65. The number of carbonyl (C=O) groups is 1. The smallest absolute Gasteiger partial charge is 0.311 e. The molecule has 0 aliphatic heterocycles. The number of phenols is 1. The van der Waals surface area contributed by atoms with Crippen LogP contribution < -0.4 is 4.74 Å². The summed E-state index contributed by atoms with van der Waals surface area (Å²) in [4.78, 5) is 20.2. The second kappa shape index (κ2) is 3.73. The van der Waals surface area contributed by atoms with Gasteiger partial charge in [-0.25, -0.2) is 0 Å². The second-order valence-corrected chi connectivity index (χ2v) is 2.46. The van der Waals surface area contributed by atoms with E-state index in [9.17, 15) is 20.0 Å². The van der Waals surface area contributed by atoms with E-state index in [0.717, 1.165) is 12.1 Å². The SMILES string of the molecule is COc1cc(O)c(C=O)cc1[N+](=O)[O-]. The Morgan fingerprint density at radius 1 is 1.57 bits per heavy atom. The van der Waals surface area contributed by atoms with E-state index in [4.69, 9.17) is 0 Å². The van der Waals surface area contributed by atoms with Crippen molar-refractivity contribution in [2.45, 2.75) is 0 Å². The highest BCUT2D eigenvalue weighted by Gasteiger charge is 2.18. The van der Waals surface area contributed by atoms with Gasteiger partial charge in [0, 0.05) is 12.1 Å². The molecule has 0 spiro atoms. The van der Waals surface area contributed by atoms with Gasteiger partial charge in [0.1, 0.15) is 5.75 Å². The van der Waals surface area contributed by atoms with Crippen LogP contribution in [0.5, 0.6) is 11.5 Å². The highest BCUT2D eigenvalue weighted by molar-refractivity contribution is 5.81.